The molecular formula is C14H16ClNO3. The van der Waals surface area contributed by atoms with Crippen molar-refractivity contribution in [1.29, 1.82) is 0 Å². The minimum Gasteiger partial charge on any atom is -0.452 e. The molecule has 0 aliphatic heterocycles. The van der Waals surface area contributed by atoms with E-state index < -0.39 is 5.97 Å². The highest BCUT2D eigenvalue weighted by Gasteiger charge is 2.11. The van der Waals surface area contributed by atoms with E-state index in [0.717, 1.165) is 5.56 Å². The van der Waals surface area contributed by atoms with E-state index in [4.69, 9.17) is 16.3 Å². The number of nitrogens with one attached hydrogen (secondary N) is 1. The van der Waals surface area contributed by atoms with E-state index in [1.54, 1.807) is 25.1 Å². The van der Waals surface area contributed by atoms with Crippen molar-refractivity contribution in [2.45, 2.75) is 19.9 Å². The van der Waals surface area contributed by atoms with Gasteiger partial charge >= 0.3 is 5.97 Å². The van der Waals surface area contributed by atoms with E-state index in [9.17, 15) is 9.59 Å². The van der Waals surface area contributed by atoms with Crippen molar-refractivity contribution in [3.05, 3.63) is 47.0 Å². The summed E-state index contributed by atoms with van der Waals surface area (Å²) in [6.45, 7) is 3.23. The lowest BCUT2D eigenvalue weighted by atomic mass is 10.1. The molecule has 1 aromatic carbocycles. The zero-order chi connectivity index (χ0) is 14.3. The molecule has 0 radical (unpaired) electrons. The van der Waals surface area contributed by atoms with Crippen LogP contribution in [0, 0.1) is 0 Å². The third kappa shape index (κ3) is 5.57. The van der Waals surface area contributed by atoms with Crippen LogP contribution >= 0.6 is 11.6 Å². The lowest BCUT2D eigenvalue weighted by molar-refractivity contribution is -0.144. The normalized spacial score (nSPS) is 12.2. The molecule has 0 saturated heterocycles. The Bertz CT molecular complexity index is 485. The van der Waals surface area contributed by atoms with Gasteiger partial charge in [-0.25, -0.2) is 4.79 Å². The van der Waals surface area contributed by atoms with Gasteiger partial charge in [-0.1, -0.05) is 29.8 Å². The molecule has 102 valence electrons. The van der Waals surface area contributed by atoms with Gasteiger partial charge in [0.15, 0.2) is 6.61 Å². The summed E-state index contributed by atoms with van der Waals surface area (Å²) in [7, 11) is 0. The fourth-order valence-corrected chi connectivity index (χ4v) is 1.66. The molecule has 0 fully saturated rings. The molecule has 0 aliphatic rings. The molecule has 1 aromatic rings. The Morgan fingerprint density at radius 2 is 2.21 bits per heavy atom. The van der Waals surface area contributed by atoms with Gasteiger partial charge in [0.25, 0.3) is 5.91 Å². The van der Waals surface area contributed by atoms with Gasteiger partial charge in [-0.15, -0.1) is 0 Å². The second kappa shape index (κ2) is 7.59. The topological polar surface area (TPSA) is 55.4 Å². The van der Waals surface area contributed by atoms with Crippen LogP contribution in [0.2, 0.25) is 5.02 Å². The average molecular weight is 282 g/mol. The summed E-state index contributed by atoms with van der Waals surface area (Å²) in [5.74, 6) is -0.890. The van der Waals surface area contributed by atoms with Gasteiger partial charge in [0.2, 0.25) is 0 Å². The second-order valence-electron chi connectivity index (χ2n) is 3.95. The van der Waals surface area contributed by atoms with Crippen molar-refractivity contribution >= 4 is 23.5 Å². The highest BCUT2D eigenvalue weighted by atomic mass is 35.5. The molecule has 1 amide bonds. The van der Waals surface area contributed by atoms with Gasteiger partial charge in [-0.3, -0.25) is 4.79 Å². The number of ether oxygens (including phenoxy) is 1. The number of esters is 1. The van der Waals surface area contributed by atoms with E-state index >= 15 is 0 Å². The number of rotatable bonds is 5. The van der Waals surface area contributed by atoms with Gasteiger partial charge in [0.05, 0.1) is 6.04 Å². The van der Waals surface area contributed by atoms with Gasteiger partial charge < -0.3 is 10.1 Å². The first-order chi connectivity index (χ1) is 9.02. The molecule has 0 heterocycles. The van der Waals surface area contributed by atoms with E-state index in [1.807, 2.05) is 19.1 Å². The average Bonchev–Trinajstić information content (AvgIpc) is 2.36. The minimum atomic E-state index is -0.534. The Morgan fingerprint density at radius 1 is 1.47 bits per heavy atom. The summed E-state index contributed by atoms with van der Waals surface area (Å²) in [4.78, 5) is 22.6. The molecule has 1 atom stereocenters. The molecule has 19 heavy (non-hydrogen) atoms. The van der Waals surface area contributed by atoms with Gasteiger partial charge in [0.1, 0.15) is 0 Å². The summed E-state index contributed by atoms with van der Waals surface area (Å²) in [6.07, 6.45) is 2.81. The molecule has 0 spiro atoms. The third-order valence-electron chi connectivity index (χ3n) is 2.37. The minimum absolute atomic E-state index is 0.202. The maximum Gasteiger partial charge on any atom is 0.330 e. The maximum atomic E-state index is 11.6. The van der Waals surface area contributed by atoms with E-state index in [2.05, 4.69) is 5.32 Å². The predicted molar refractivity (Wildman–Crippen MR) is 73.8 cm³/mol. The Labute approximate surface area is 117 Å². The summed E-state index contributed by atoms with van der Waals surface area (Å²) in [5.41, 5.74) is 0.889. The molecule has 0 saturated carbocycles. The Hall–Kier alpha value is -1.81. The summed E-state index contributed by atoms with van der Waals surface area (Å²) < 4.78 is 4.74. The number of allylic oxidation sites excluding steroid dienone is 1. The quantitative estimate of drug-likeness (QED) is 0.667. The number of benzene rings is 1. The van der Waals surface area contributed by atoms with Crippen molar-refractivity contribution in [2.75, 3.05) is 6.61 Å². The standard InChI is InChI=1S/C14H16ClNO3/c1-3-5-14(18)19-9-13(17)16-10(2)11-6-4-7-12(15)8-11/h3-8,10H,9H2,1-2H3,(H,16,17)/b5-3+/t10-/m1/s1. The zero-order valence-corrected chi connectivity index (χ0v) is 11.6. The van der Waals surface area contributed by atoms with E-state index in [1.165, 1.54) is 6.08 Å². The van der Waals surface area contributed by atoms with Crippen molar-refractivity contribution < 1.29 is 14.3 Å². The van der Waals surface area contributed by atoms with Crippen molar-refractivity contribution in [3.63, 3.8) is 0 Å². The second-order valence-corrected chi connectivity index (χ2v) is 4.39. The molecule has 0 unspecified atom stereocenters. The van der Waals surface area contributed by atoms with Crippen LogP contribution in [0.15, 0.2) is 36.4 Å². The van der Waals surface area contributed by atoms with E-state index in [0.29, 0.717) is 5.02 Å². The lowest BCUT2D eigenvalue weighted by Crippen LogP contribution is -2.30. The van der Waals surface area contributed by atoms with Crippen molar-refractivity contribution in [1.82, 2.24) is 5.32 Å². The van der Waals surface area contributed by atoms with Gasteiger partial charge in [-0.2, -0.15) is 0 Å². The van der Waals surface area contributed by atoms with E-state index in [-0.39, 0.29) is 18.6 Å². The van der Waals surface area contributed by atoms with Crippen LogP contribution in [0.3, 0.4) is 0 Å². The molecule has 0 bridgehead atoms. The largest absolute Gasteiger partial charge is 0.452 e. The number of hydrogen-bond acceptors (Lipinski definition) is 3. The van der Waals surface area contributed by atoms with Crippen LogP contribution in [-0.4, -0.2) is 18.5 Å². The highest BCUT2D eigenvalue weighted by Crippen LogP contribution is 2.17. The number of amides is 1. The van der Waals surface area contributed by atoms with Crippen LogP contribution < -0.4 is 5.32 Å². The summed E-state index contributed by atoms with van der Waals surface area (Å²) in [6, 6.07) is 7.01. The van der Waals surface area contributed by atoms with Crippen LogP contribution in [-0.2, 0) is 14.3 Å². The smallest absolute Gasteiger partial charge is 0.330 e. The van der Waals surface area contributed by atoms with Crippen LogP contribution in [0.5, 0.6) is 0 Å². The number of hydrogen-bond donors (Lipinski definition) is 1. The molecular weight excluding hydrogens is 266 g/mol. The Morgan fingerprint density at radius 3 is 2.84 bits per heavy atom. The number of carbonyl (C=O) groups is 2. The Kier molecular flexibility index (Phi) is 6.09. The molecule has 4 nitrogen and oxygen atoms in total. The number of carbonyl (C=O) groups excluding carboxylic acids is 2. The Balaban J connectivity index is 2.46. The maximum absolute atomic E-state index is 11.6. The summed E-state index contributed by atoms with van der Waals surface area (Å²) >= 11 is 5.87. The van der Waals surface area contributed by atoms with Crippen LogP contribution in [0.1, 0.15) is 25.5 Å². The fourth-order valence-electron chi connectivity index (χ4n) is 1.46. The summed E-state index contributed by atoms with van der Waals surface area (Å²) in [5, 5.41) is 3.33. The monoisotopic (exact) mass is 281 g/mol. The highest BCUT2D eigenvalue weighted by molar-refractivity contribution is 6.30. The van der Waals surface area contributed by atoms with Crippen molar-refractivity contribution in [3.8, 4) is 0 Å². The first-order valence-electron chi connectivity index (χ1n) is 5.87. The fraction of sp³-hybridized carbons (Fsp3) is 0.286. The molecule has 0 aliphatic carbocycles. The van der Waals surface area contributed by atoms with Crippen molar-refractivity contribution in [2.24, 2.45) is 0 Å². The molecule has 0 aromatic heterocycles. The first-order valence-corrected chi connectivity index (χ1v) is 6.25. The molecule has 1 rings (SSSR count). The van der Waals surface area contributed by atoms with Gasteiger partial charge in [-0.05, 0) is 31.5 Å². The number of halogens is 1. The van der Waals surface area contributed by atoms with Crippen LogP contribution in [0.4, 0.5) is 0 Å². The molecule has 5 heteroatoms. The SMILES string of the molecule is C/C=C/C(=O)OCC(=O)N[C@H](C)c1cccc(Cl)c1. The lowest BCUT2D eigenvalue weighted by Gasteiger charge is -2.14. The first kappa shape index (κ1) is 15.2. The van der Waals surface area contributed by atoms with Crippen LogP contribution in [0.25, 0.3) is 0 Å². The predicted octanol–water partition coefficient (Wildman–Crippen LogP) is 2.64. The van der Waals surface area contributed by atoms with Gasteiger partial charge in [0, 0.05) is 11.1 Å². The third-order valence-corrected chi connectivity index (χ3v) is 2.61. The zero-order valence-electron chi connectivity index (χ0n) is 10.9. The molecule has 1 N–H and O–H groups in total.